The number of rotatable bonds is 3. The lowest BCUT2D eigenvalue weighted by atomic mass is 10.2. The summed E-state index contributed by atoms with van der Waals surface area (Å²) in [5, 5.41) is 8.40. The van der Waals surface area contributed by atoms with Crippen LogP contribution in [0.5, 0.6) is 0 Å². The first kappa shape index (κ1) is 15.2. The number of aliphatic hydroxyl groups excluding tert-OH is 1. The normalized spacial score (nSPS) is 30.3. The van der Waals surface area contributed by atoms with Crippen LogP contribution in [0.3, 0.4) is 0 Å². The average Bonchev–Trinajstić information content (AvgIpc) is 2.38. The van der Waals surface area contributed by atoms with Crippen LogP contribution in [-0.4, -0.2) is 75.4 Å². The van der Waals surface area contributed by atoms with Crippen LogP contribution in [0.25, 0.3) is 0 Å². The van der Waals surface area contributed by atoms with Crippen molar-refractivity contribution in [2.45, 2.75) is 24.2 Å². The molecule has 1 atom stereocenters. The Kier molecular flexibility index (Phi) is 4.51. The molecule has 2 fully saturated rings. The van der Waals surface area contributed by atoms with Crippen LogP contribution in [0.2, 0.25) is 0 Å². The van der Waals surface area contributed by atoms with E-state index in [1.54, 1.807) is 0 Å². The lowest BCUT2D eigenvalue weighted by Gasteiger charge is -2.34. The number of aliphatic hydroxyl groups is 1. The Morgan fingerprint density at radius 1 is 1.26 bits per heavy atom. The molecule has 0 spiro atoms. The minimum atomic E-state index is -3.50. The van der Waals surface area contributed by atoms with Crippen molar-refractivity contribution in [1.82, 2.24) is 4.31 Å². The fourth-order valence-corrected chi connectivity index (χ4v) is 6.16. The standard InChI is InChI=1S/C10H19NO6S2/c12-8-9-7-11(3-4-17-9)19(15,16)10-1-5-18(13,14)6-2-10/h9-10,12H,1-8H2. The lowest BCUT2D eigenvalue weighted by Crippen LogP contribution is -2.51. The highest BCUT2D eigenvalue weighted by atomic mass is 32.2. The van der Waals surface area contributed by atoms with Crippen LogP contribution in [0.4, 0.5) is 0 Å². The molecule has 0 radical (unpaired) electrons. The van der Waals surface area contributed by atoms with Gasteiger partial charge in [0.05, 0.1) is 36.1 Å². The first-order valence-electron chi connectivity index (χ1n) is 6.27. The van der Waals surface area contributed by atoms with Gasteiger partial charge in [-0.15, -0.1) is 0 Å². The second-order valence-electron chi connectivity index (χ2n) is 4.93. The number of morpholine rings is 1. The minimum absolute atomic E-state index is 0.0648. The number of hydrogen-bond acceptors (Lipinski definition) is 6. The summed E-state index contributed by atoms with van der Waals surface area (Å²) in [6.07, 6.45) is -0.173. The first-order valence-corrected chi connectivity index (χ1v) is 9.59. The highest BCUT2D eigenvalue weighted by Crippen LogP contribution is 2.23. The van der Waals surface area contributed by atoms with E-state index < -0.39 is 31.2 Å². The molecule has 112 valence electrons. The molecule has 0 aromatic rings. The summed E-state index contributed by atoms with van der Waals surface area (Å²) in [6, 6.07) is 0. The van der Waals surface area contributed by atoms with Crippen LogP contribution in [0.15, 0.2) is 0 Å². The molecule has 1 unspecified atom stereocenters. The molecular weight excluding hydrogens is 294 g/mol. The van der Waals surface area contributed by atoms with E-state index in [1.807, 2.05) is 0 Å². The topological polar surface area (TPSA) is 101 Å². The molecule has 2 saturated heterocycles. The summed E-state index contributed by atoms with van der Waals surface area (Å²) >= 11 is 0. The lowest BCUT2D eigenvalue weighted by molar-refractivity contribution is -0.0307. The number of ether oxygens (including phenoxy) is 1. The van der Waals surface area contributed by atoms with Crippen molar-refractivity contribution in [1.29, 1.82) is 0 Å². The van der Waals surface area contributed by atoms with Gasteiger partial charge in [0.2, 0.25) is 10.0 Å². The van der Waals surface area contributed by atoms with Gasteiger partial charge in [0, 0.05) is 13.1 Å². The molecule has 2 rings (SSSR count). The van der Waals surface area contributed by atoms with E-state index in [0.29, 0.717) is 0 Å². The third-order valence-electron chi connectivity index (χ3n) is 3.59. The van der Waals surface area contributed by atoms with E-state index in [1.165, 1.54) is 4.31 Å². The van der Waals surface area contributed by atoms with Crippen LogP contribution in [-0.2, 0) is 24.6 Å². The molecule has 0 aromatic heterocycles. The predicted molar refractivity (Wildman–Crippen MR) is 69.0 cm³/mol. The van der Waals surface area contributed by atoms with Gasteiger partial charge in [0.25, 0.3) is 0 Å². The number of nitrogens with zero attached hydrogens (tertiary/aromatic N) is 1. The van der Waals surface area contributed by atoms with Crippen LogP contribution >= 0.6 is 0 Å². The van der Waals surface area contributed by atoms with E-state index in [-0.39, 0.29) is 50.7 Å². The predicted octanol–water partition coefficient (Wildman–Crippen LogP) is -1.41. The molecule has 0 amide bonds. The molecular formula is C10H19NO6S2. The van der Waals surface area contributed by atoms with Crippen molar-refractivity contribution in [3.05, 3.63) is 0 Å². The molecule has 2 aliphatic heterocycles. The largest absolute Gasteiger partial charge is 0.394 e. The van der Waals surface area contributed by atoms with Crippen molar-refractivity contribution in [3.8, 4) is 0 Å². The quantitative estimate of drug-likeness (QED) is 0.687. The zero-order valence-corrected chi connectivity index (χ0v) is 12.2. The minimum Gasteiger partial charge on any atom is -0.394 e. The maximum atomic E-state index is 12.4. The number of sulfone groups is 1. The summed E-state index contributed by atoms with van der Waals surface area (Å²) in [4.78, 5) is 0. The Hall–Kier alpha value is -0.220. The Balaban J connectivity index is 2.06. The monoisotopic (exact) mass is 313 g/mol. The third-order valence-corrected chi connectivity index (χ3v) is 7.67. The maximum absolute atomic E-state index is 12.4. The van der Waals surface area contributed by atoms with E-state index in [9.17, 15) is 16.8 Å². The Morgan fingerprint density at radius 2 is 1.89 bits per heavy atom. The van der Waals surface area contributed by atoms with Gasteiger partial charge in [0.15, 0.2) is 0 Å². The Morgan fingerprint density at radius 3 is 2.47 bits per heavy atom. The highest BCUT2D eigenvalue weighted by molar-refractivity contribution is 7.92. The fraction of sp³-hybridized carbons (Fsp3) is 1.00. The van der Waals surface area contributed by atoms with Gasteiger partial charge in [0.1, 0.15) is 9.84 Å². The smallest absolute Gasteiger partial charge is 0.217 e. The molecule has 0 aliphatic carbocycles. The van der Waals surface area contributed by atoms with Gasteiger partial charge in [-0.25, -0.2) is 16.8 Å². The summed E-state index contributed by atoms with van der Waals surface area (Å²) in [6.45, 7) is 0.449. The fourth-order valence-electron chi connectivity index (χ4n) is 2.41. The Labute approximate surface area is 113 Å². The highest BCUT2D eigenvalue weighted by Gasteiger charge is 2.38. The van der Waals surface area contributed by atoms with Gasteiger partial charge in [-0.05, 0) is 12.8 Å². The maximum Gasteiger partial charge on any atom is 0.217 e. The van der Waals surface area contributed by atoms with Crippen molar-refractivity contribution in [2.24, 2.45) is 0 Å². The van der Waals surface area contributed by atoms with E-state index in [2.05, 4.69) is 0 Å². The van der Waals surface area contributed by atoms with E-state index in [4.69, 9.17) is 9.84 Å². The molecule has 9 heteroatoms. The van der Waals surface area contributed by atoms with Crippen molar-refractivity contribution >= 4 is 19.9 Å². The van der Waals surface area contributed by atoms with Crippen LogP contribution in [0, 0.1) is 0 Å². The van der Waals surface area contributed by atoms with Gasteiger partial charge < -0.3 is 9.84 Å². The molecule has 7 nitrogen and oxygen atoms in total. The molecule has 19 heavy (non-hydrogen) atoms. The van der Waals surface area contributed by atoms with Crippen molar-refractivity contribution in [2.75, 3.05) is 37.8 Å². The SMILES string of the molecule is O=S1(=O)CCC(S(=O)(=O)N2CCOC(CO)C2)CC1. The molecule has 2 aliphatic rings. The third kappa shape index (κ3) is 3.46. The van der Waals surface area contributed by atoms with E-state index >= 15 is 0 Å². The van der Waals surface area contributed by atoms with Gasteiger partial charge in [-0.3, -0.25) is 0 Å². The Bertz CT molecular complexity index is 500. The van der Waals surface area contributed by atoms with E-state index in [0.717, 1.165) is 0 Å². The second kappa shape index (κ2) is 5.65. The summed E-state index contributed by atoms with van der Waals surface area (Å²) in [5.41, 5.74) is 0. The summed E-state index contributed by atoms with van der Waals surface area (Å²) in [5.74, 6) is -0.130. The van der Waals surface area contributed by atoms with Gasteiger partial charge in [-0.2, -0.15) is 4.31 Å². The van der Waals surface area contributed by atoms with Gasteiger partial charge >= 0.3 is 0 Å². The first-order chi connectivity index (χ1) is 8.85. The molecule has 0 saturated carbocycles. The van der Waals surface area contributed by atoms with Crippen LogP contribution < -0.4 is 0 Å². The van der Waals surface area contributed by atoms with Crippen molar-refractivity contribution < 1.29 is 26.7 Å². The summed E-state index contributed by atoms with van der Waals surface area (Å²) < 4.78 is 54.0. The van der Waals surface area contributed by atoms with Crippen molar-refractivity contribution in [3.63, 3.8) is 0 Å². The number of hydrogen-bond donors (Lipinski definition) is 1. The molecule has 0 bridgehead atoms. The zero-order chi connectivity index (χ0) is 14.1. The molecule has 0 aromatic carbocycles. The number of sulfonamides is 1. The average molecular weight is 313 g/mol. The second-order valence-corrected chi connectivity index (χ2v) is 9.45. The van der Waals surface area contributed by atoms with Crippen LogP contribution in [0.1, 0.15) is 12.8 Å². The van der Waals surface area contributed by atoms with Gasteiger partial charge in [-0.1, -0.05) is 0 Å². The summed E-state index contributed by atoms with van der Waals surface area (Å²) in [7, 11) is -6.57. The molecule has 1 N–H and O–H groups in total. The zero-order valence-electron chi connectivity index (χ0n) is 10.6. The molecule has 2 heterocycles.